The molecule has 4 heteroatoms. The number of hydrogen-bond acceptors (Lipinski definition) is 4. The molecule has 4 aliphatic carbocycles. The van der Waals surface area contributed by atoms with Gasteiger partial charge in [0.1, 0.15) is 0 Å². The van der Waals surface area contributed by atoms with E-state index >= 15 is 0 Å². The van der Waals surface area contributed by atoms with E-state index in [1.165, 1.54) is 44.9 Å². The van der Waals surface area contributed by atoms with Gasteiger partial charge in [0.05, 0.1) is 6.04 Å². The minimum absolute atomic E-state index is 0.0794. The average Bonchev–Trinajstić information content (AvgIpc) is 2.81. The molecule has 1 aromatic rings. The maximum atomic E-state index is 6.24. The molecule has 4 fully saturated rings. The molecule has 4 aliphatic rings. The summed E-state index contributed by atoms with van der Waals surface area (Å²) < 4.78 is 5.47. The van der Waals surface area contributed by atoms with E-state index in [1.807, 2.05) is 6.92 Å². The number of nitrogens with zero attached hydrogens (tertiary/aromatic N) is 2. The van der Waals surface area contributed by atoms with Crippen molar-refractivity contribution in [2.75, 3.05) is 0 Å². The molecule has 110 valence electrons. The highest BCUT2D eigenvalue weighted by atomic mass is 16.4. The Balaban J connectivity index is 1.42. The van der Waals surface area contributed by atoms with Crippen LogP contribution in [0.4, 0.5) is 0 Å². The lowest BCUT2D eigenvalue weighted by Gasteiger charge is -2.57. The Morgan fingerprint density at radius 3 is 2.25 bits per heavy atom. The molecule has 2 N–H and O–H groups in total. The molecule has 0 spiro atoms. The van der Waals surface area contributed by atoms with Crippen LogP contribution in [0.1, 0.15) is 69.2 Å². The molecule has 0 radical (unpaired) electrons. The highest BCUT2D eigenvalue weighted by molar-refractivity contribution is 5.02. The van der Waals surface area contributed by atoms with E-state index < -0.39 is 0 Å². The first-order valence-corrected chi connectivity index (χ1v) is 8.17. The molecule has 1 heterocycles. The van der Waals surface area contributed by atoms with Crippen molar-refractivity contribution in [3.05, 3.63) is 11.8 Å². The van der Waals surface area contributed by atoms with Crippen molar-refractivity contribution in [2.45, 2.75) is 64.3 Å². The number of aryl methyl sites for hydroxylation is 1. The van der Waals surface area contributed by atoms with Gasteiger partial charge in [-0.1, -0.05) is 0 Å². The molecule has 1 unspecified atom stereocenters. The van der Waals surface area contributed by atoms with Crippen LogP contribution in [0.5, 0.6) is 0 Å². The number of rotatable bonds is 4. The fourth-order valence-corrected chi connectivity index (χ4v) is 5.64. The van der Waals surface area contributed by atoms with Crippen LogP contribution in [-0.2, 0) is 0 Å². The SMILES string of the molecule is Cc1nnc(C(N)CCC23CC4CC(CC(C4)C2)C3)o1. The van der Waals surface area contributed by atoms with E-state index in [0.29, 0.717) is 17.2 Å². The zero-order chi connectivity index (χ0) is 13.7. The highest BCUT2D eigenvalue weighted by Gasteiger charge is 2.50. The maximum absolute atomic E-state index is 6.24. The minimum atomic E-state index is -0.0794. The predicted molar refractivity (Wildman–Crippen MR) is 75.8 cm³/mol. The molecule has 0 amide bonds. The third-order valence-corrected chi connectivity index (χ3v) is 6.01. The molecule has 4 nitrogen and oxygen atoms in total. The van der Waals surface area contributed by atoms with Crippen molar-refractivity contribution >= 4 is 0 Å². The van der Waals surface area contributed by atoms with E-state index in [2.05, 4.69) is 10.2 Å². The summed E-state index contributed by atoms with van der Waals surface area (Å²) in [6.07, 6.45) is 11.1. The maximum Gasteiger partial charge on any atom is 0.233 e. The van der Waals surface area contributed by atoms with Gasteiger partial charge in [-0.05, 0) is 74.5 Å². The van der Waals surface area contributed by atoms with E-state index in [1.54, 1.807) is 0 Å². The summed E-state index contributed by atoms with van der Waals surface area (Å²) in [6, 6.07) is -0.0794. The van der Waals surface area contributed by atoms with Crippen molar-refractivity contribution < 1.29 is 4.42 Å². The Kier molecular flexibility index (Phi) is 2.92. The molecular weight excluding hydrogens is 250 g/mol. The lowest BCUT2D eigenvalue weighted by molar-refractivity contribution is -0.0591. The highest BCUT2D eigenvalue weighted by Crippen LogP contribution is 2.61. The predicted octanol–water partition coefficient (Wildman–Crippen LogP) is 3.37. The average molecular weight is 275 g/mol. The first-order chi connectivity index (χ1) is 9.62. The Morgan fingerprint density at radius 1 is 1.15 bits per heavy atom. The normalized spacial score (nSPS) is 40.2. The number of hydrogen-bond donors (Lipinski definition) is 1. The van der Waals surface area contributed by atoms with Gasteiger partial charge in [-0.25, -0.2) is 0 Å². The van der Waals surface area contributed by atoms with E-state index in [-0.39, 0.29) is 6.04 Å². The molecule has 1 aromatic heterocycles. The lowest BCUT2D eigenvalue weighted by atomic mass is 9.48. The number of aromatic nitrogens is 2. The van der Waals surface area contributed by atoms with Crippen LogP contribution in [0.2, 0.25) is 0 Å². The molecule has 4 saturated carbocycles. The summed E-state index contributed by atoms with van der Waals surface area (Å²) in [4.78, 5) is 0. The van der Waals surface area contributed by atoms with Gasteiger partial charge in [-0.3, -0.25) is 0 Å². The zero-order valence-electron chi connectivity index (χ0n) is 12.3. The summed E-state index contributed by atoms with van der Waals surface area (Å²) in [5.74, 6) is 4.28. The van der Waals surface area contributed by atoms with Gasteiger partial charge in [-0.15, -0.1) is 10.2 Å². The minimum Gasteiger partial charge on any atom is -0.424 e. The third kappa shape index (κ3) is 2.18. The van der Waals surface area contributed by atoms with Crippen LogP contribution in [-0.4, -0.2) is 10.2 Å². The van der Waals surface area contributed by atoms with Crippen molar-refractivity contribution in [1.82, 2.24) is 10.2 Å². The topological polar surface area (TPSA) is 64.9 Å². The quantitative estimate of drug-likeness (QED) is 0.915. The van der Waals surface area contributed by atoms with Crippen molar-refractivity contribution in [3.63, 3.8) is 0 Å². The Morgan fingerprint density at radius 2 is 1.75 bits per heavy atom. The van der Waals surface area contributed by atoms with Gasteiger partial charge in [0.25, 0.3) is 0 Å². The molecular formula is C16H25N3O. The monoisotopic (exact) mass is 275 g/mol. The Labute approximate surface area is 120 Å². The fourth-order valence-electron chi connectivity index (χ4n) is 5.64. The zero-order valence-corrected chi connectivity index (χ0v) is 12.3. The second-order valence-corrected chi connectivity index (χ2v) is 7.72. The first kappa shape index (κ1) is 12.8. The fraction of sp³-hybridized carbons (Fsp3) is 0.875. The lowest BCUT2D eigenvalue weighted by Crippen LogP contribution is -2.46. The molecule has 0 aromatic carbocycles. The summed E-state index contributed by atoms with van der Waals surface area (Å²) >= 11 is 0. The van der Waals surface area contributed by atoms with Gasteiger partial charge in [0.2, 0.25) is 11.8 Å². The summed E-state index contributed by atoms with van der Waals surface area (Å²) in [6.45, 7) is 1.82. The first-order valence-electron chi connectivity index (χ1n) is 8.17. The van der Waals surface area contributed by atoms with Gasteiger partial charge < -0.3 is 10.2 Å². The van der Waals surface area contributed by atoms with Crippen LogP contribution in [0.15, 0.2) is 4.42 Å². The van der Waals surface area contributed by atoms with E-state index in [0.717, 1.165) is 24.2 Å². The van der Waals surface area contributed by atoms with Crippen molar-refractivity contribution in [1.29, 1.82) is 0 Å². The largest absolute Gasteiger partial charge is 0.424 e. The Bertz CT molecular complexity index is 460. The molecule has 5 rings (SSSR count). The standard InChI is InChI=1S/C16H25N3O/c1-10-18-19-15(20-10)14(17)2-3-16-7-11-4-12(8-16)6-13(5-11)9-16/h11-14H,2-9,17H2,1H3. The summed E-state index contributed by atoms with van der Waals surface area (Å²) in [5, 5.41) is 7.95. The van der Waals surface area contributed by atoms with Gasteiger partial charge >= 0.3 is 0 Å². The van der Waals surface area contributed by atoms with Gasteiger partial charge in [0, 0.05) is 6.92 Å². The molecule has 4 bridgehead atoms. The van der Waals surface area contributed by atoms with Gasteiger partial charge in [-0.2, -0.15) is 0 Å². The molecule has 0 aliphatic heterocycles. The van der Waals surface area contributed by atoms with Crippen molar-refractivity contribution in [2.24, 2.45) is 28.9 Å². The molecule has 0 saturated heterocycles. The summed E-state index contributed by atoms with van der Waals surface area (Å²) in [5.41, 5.74) is 6.84. The van der Waals surface area contributed by atoms with E-state index in [9.17, 15) is 0 Å². The second-order valence-electron chi connectivity index (χ2n) is 7.72. The van der Waals surface area contributed by atoms with Gasteiger partial charge in [0.15, 0.2) is 0 Å². The molecule has 20 heavy (non-hydrogen) atoms. The van der Waals surface area contributed by atoms with Crippen LogP contribution in [0.3, 0.4) is 0 Å². The second kappa shape index (κ2) is 4.55. The molecule has 1 atom stereocenters. The van der Waals surface area contributed by atoms with Crippen molar-refractivity contribution in [3.8, 4) is 0 Å². The van der Waals surface area contributed by atoms with Crippen LogP contribution < -0.4 is 5.73 Å². The third-order valence-electron chi connectivity index (χ3n) is 6.01. The van der Waals surface area contributed by atoms with Crippen LogP contribution >= 0.6 is 0 Å². The van der Waals surface area contributed by atoms with Crippen LogP contribution in [0, 0.1) is 30.1 Å². The van der Waals surface area contributed by atoms with E-state index in [4.69, 9.17) is 10.2 Å². The van der Waals surface area contributed by atoms with Crippen LogP contribution in [0.25, 0.3) is 0 Å². The summed E-state index contributed by atoms with van der Waals surface area (Å²) in [7, 11) is 0. The number of nitrogens with two attached hydrogens (primary N) is 1. The smallest absolute Gasteiger partial charge is 0.233 e. The Hall–Kier alpha value is -0.900.